The Hall–Kier alpha value is -2.50. The van der Waals surface area contributed by atoms with Gasteiger partial charge >= 0.3 is 12.0 Å². The van der Waals surface area contributed by atoms with E-state index in [1.165, 1.54) is 6.42 Å². The molecule has 1 heterocycles. The summed E-state index contributed by atoms with van der Waals surface area (Å²) in [5, 5.41) is 5.55. The fourth-order valence-electron chi connectivity index (χ4n) is 3.89. The Balaban J connectivity index is 1.79. The quantitative estimate of drug-likeness (QED) is 0.718. The highest BCUT2D eigenvalue weighted by Gasteiger charge is 2.34. The van der Waals surface area contributed by atoms with Gasteiger partial charge in [0, 0.05) is 5.70 Å². The van der Waals surface area contributed by atoms with Crippen molar-refractivity contribution < 1.29 is 19.1 Å². The lowest BCUT2D eigenvalue weighted by atomic mass is 9.88. The van der Waals surface area contributed by atoms with Crippen molar-refractivity contribution in [1.29, 1.82) is 0 Å². The fraction of sp³-hybridized carbons (Fsp3) is 0.545. The van der Waals surface area contributed by atoms with Crippen LogP contribution in [-0.4, -0.2) is 24.7 Å². The van der Waals surface area contributed by atoms with Gasteiger partial charge in [0.05, 0.1) is 18.2 Å². The van der Waals surface area contributed by atoms with E-state index >= 15 is 0 Å². The van der Waals surface area contributed by atoms with Gasteiger partial charge < -0.3 is 20.1 Å². The number of benzene rings is 1. The second-order valence-corrected chi connectivity index (χ2v) is 7.79. The highest BCUT2D eigenvalue weighted by molar-refractivity contribution is 5.95. The Morgan fingerprint density at radius 2 is 1.96 bits per heavy atom. The number of hydrogen-bond donors (Lipinski definition) is 2. The van der Waals surface area contributed by atoms with Gasteiger partial charge in [-0.2, -0.15) is 0 Å². The molecule has 152 valence electrons. The van der Waals surface area contributed by atoms with E-state index < -0.39 is 6.04 Å². The standard InChI is InChI=1S/C22H30N2O4/c1-4-12-27-17-10-8-16(9-11-17)20-19(15(3)23-22(26)24-20)21(25)28-18-7-5-6-14(2)13-18/h8-11,14,18,20H,4-7,12-13H2,1-3H3,(H2,23,24,26). The van der Waals surface area contributed by atoms with Crippen LogP contribution in [0.15, 0.2) is 35.5 Å². The van der Waals surface area contributed by atoms with E-state index in [1.807, 2.05) is 24.3 Å². The summed E-state index contributed by atoms with van der Waals surface area (Å²) >= 11 is 0. The minimum atomic E-state index is -0.539. The molecule has 2 N–H and O–H groups in total. The summed E-state index contributed by atoms with van der Waals surface area (Å²) in [7, 11) is 0. The third-order valence-corrected chi connectivity index (χ3v) is 5.34. The third-order valence-electron chi connectivity index (χ3n) is 5.34. The first-order valence-electron chi connectivity index (χ1n) is 10.2. The Morgan fingerprint density at radius 1 is 1.21 bits per heavy atom. The SMILES string of the molecule is CCCOc1ccc(C2NC(=O)NC(C)=C2C(=O)OC2CCCC(C)C2)cc1. The van der Waals surface area contributed by atoms with Gasteiger partial charge in [-0.1, -0.05) is 32.4 Å². The summed E-state index contributed by atoms with van der Waals surface area (Å²) in [6.07, 6.45) is 4.93. The van der Waals surface area contributed by atoms with Crippen LogP contribution >= 0.6 is 0 Å². The van der Waals surface area contributed by atoms with Gasteiger partial charge in [0.2, 0.25) is 0 Å². The van der Waals surface area contributed by atoms with E-state index in [2.05, 4.69) is 24.5 Å². The van der Waals surface area contributed by atoms with Gasteiger partial charge in [0.15, 0.2) is 0 Å². The van der Waals surface area contributed by atoms with Crippen molar-refractivity contribution in [2.24, 2.45) is 5.92 Å². The van der Waals surface area contributed by atoms with Crippen LogP contribution in [0.4, 0.5) is 4.79 Å². The Kier molecular flexibility index (Phi) is 6.60. The first kappa shape index (κ1) is 20.2. The molecular formula is C22H30N2O4. The first-order valence-corrected chi connectivity index (χ1v) is 10.2. The summed E-state index contributed by atoms with van der Waals surface area (Å²) < 4.78 is 11.4. The van der Waals surface area contributed by atoms with E-state index in [0.29, 0.717) is 23.8 Å². The molecule has 3 unspecified atom stereocenters. The molecule has 2 amide bonds. The largest absolute Gasteiger partial charge is 0.494 e. The maximum atomic E-state index is 13.0. The Bertz CT molecular complexity index is 741. The average molecular weight is 386 g/mol. The van der Waals surface area contributed by atoms with E-state index in [-0.39, 0.29) is 18.1 Å². The molecule has 3 rings (SSSR count). The van der Waals surface area contributed by atoms with Crippen LogP contribution in [0, 0.1) is 5.92 Å². The molecule has 0 spiro atoms. The fourth-order valence-corrected chi connectivity index (χ4v) is 3.89. The second-order valence-electron chi connectivity index (χ2n) is 7.79. The van der Waals surface area contributed by atoms with E-state index in [9.17, 15) is 9.59 Å². The maximum absolute atomic E-state index is 13.0. The number of urea groups is 1. The van der Waals surface area contributed by atoms with Crippen LogP contribution in [0.5, 0.6) is 5.75 Å². The molecule has 1 fully saturated rings. The smallest absolute Gasteiger partial charge is 0.338 e. The Labute approximate surface area is 166 Å². The highest BCUT2D eigenvalue weighted by atomic mass is 16.5. The number of ether oxygens (including phenoxy) is 2. The number of carbonyl (C=O) groups is 2. The molecule has 0 saturated heterocycles. The molecule has 1 aliphatic heterocycles. The lowest BCUT2D eigenvalue weighted by Crippen LogP contribution is -2.45. The van der Waals surface area contributed by atoms with Crippen molar-refractivity contribution in [2.75, 3.05) is 6.61 Å². The number of carbonyl (C=O) groups excluding carboxylic acids is 2. The summed E-state index contributed by atoms with van der Waals surface area (Å²) in [5.74, 6) is 0.976. The van der Waals surface area contributed by atoms with Gasteiger partial charge in [-0.15, -0.1) is 0 Å². The van der Waals surface area contributed by atoms with E-state index in [4.69, 9.17) is 9.47 Å². The molecule has 3 atom stereocenters. The van der Waals surface area contributed by atoms with Crippen molar-refractivity contribution in [3.05, 3.63) is 41.1 Å². The number of esters is 1. The van der Waals surface area contributed by atoms with Crippen molar-refractivity contribution in [1.82, 2.24) is 10.6 Å². The normalized spacial score (nSPS) is 25.0. The lowest BCUT2D eigenvalue weighted by Gasteiger charge is -2.31. The third kappa shape index (κ3) is 4.86. The molecule has 6 nitrogen and oxygen atoms in total. The van der Waals surface area contributed by atoms with Crippen LogP contribution in [-0.2, 0) is 9.53 Å². The van der Waals surface area contributed by atoms with Gasteiger partial charge in [-0.3, -0.25) is 0 Å². The molecule has 1 saturated carbocycles. The van der Waals surface area contributed by atoms with Gasteiger partial charge in [-0.05, 0) is 56.2 Å². The van der Waals surface area contributed by atoms with Gasteiger partial charge in [-0.25, -0.2) is 9.59 Å². The molecule has 1 aliphatic carbocycles. The van der Waals surface area contributed by atoms with Crippen molar-refractivity contribution in [3.63, 3.8) is 0 Å². The highest BCUT2D eigenvalue weighted by Crippen LogP contribution is 2.31. The maximum Gasteiger partial charge on any atom is 0.338 e. The first-order chi connectivity index (χ1) is 13.5. The number of rotatable bonds is 6. The van der Waals surface area contributed by atoms with Crippen molar-refractivity contribution >= 4 is 12.0 Å². The van der Waals surface area contributed by atoms with Crippen LogP contribution in [0.25, 0.3) is 0 Å². The van der Waals surface area contributed by atoms with E-state index in [1.54, 1.807) is 6.92 Å². The van der Waals surface area contributed by atoms with Crippen LogP contribution < -0.4 is 15.4 Å². The molecule has 2 aliphatic rings. The minimum absolute atomic E-state index is 0.0559. The predicted octanol–water partition coefficient (Wildman–Crippen LogP) is 4.23. The van der Waals surface area contributed by atoms with Gasteiger partial charge in [0.1, 0.15) is 11.9 Å². The van der Waals surface area contributed by atoms with Crippen molar-refractivity contribution in [3.8, 4) is 5.75 Å². The van der Waals surface area contributed by atoms with Crippen LogP contribution in [0.1, 0.15) is 64.5 Å². The molecule has 0 bridgehead atoms. The summed E-state index contributed by atoms with van der Waals surface area (Å²) in [6, 6.07) is 6.62. The topological polar surface area (TPSA) is 76.7 Å². The van der Waals surface area contributed by atoms with Crippen LogP contribution in [0.2, 0.25) is 0 Å². The molecule has 6 heteroatoms. The monoisotopic (exact) mass is 386 g/mol. The summed E-state index contributed by atoms with van der Waals surface area (Å²) in [6.45, 7) is 6.64. The van der Waals surface area contributed by atoms with E-state index in [0.717, 1.165) is 37.0 Å². The molecule has 1 aromatic rings. The van der Waals surface area contributed by atoms with Crippen molar-refractivity contribution in [2.45, 2.75) is 65.0 Å². The Morgan fingerprint density at radius 3 is 2.64 bits per heavy atom. The lowest BCUT2D eigenvalue weighted by molar-refractivity contribution is -0.146. The predicted molar refractivity (Wildman–Crippen MR) is 107 cm³/mol. The number of hydrogen-bond acceptors (Lipinski definition) is 4. The second kappa shape index (κ2) is 9.13. The number of allylic oxidation sites excluding steroid dienone is 1. The zero-order valence-corrected chi connectivity index (χ0v) is 16.9. The summed E-state index contributed by atoms with van der Waals surface area (Å²) in [5.41, 5.74) is 1.82. The molecule has 0 aromatic heterocycles. The zero-order valence-electron chi connectivity index (χ0n) is 16.9. The molecule has 28 heavy (non-hydrogen) atoms. The zero-order chi connectivity index (χ0) is 20.1. The molecule has 0 radical (unpaired) electrons. The average Bonchev–Trinajstić information content (AvgIpc) is 2.66. The number of amides is 2. The summed E-state index contributed by atoms with van der Waals surface area (Å²) in [4.78, 5) is 25.0. The minimum Gasteiger partial charge on any atom is -0.494 e. The van der Waals surface area contributed by atoms with Gasteiger partial charge in [0.25, 0.3) is 0 Å². The van der Waals surface area contributed by atoms with Crippen LogP contribution in [0.3, 0.4) is 0 Å². The number of nitrogens with one attached hydrogen (secondary N) is 2. The molecule has 1 aromatic carbocycles. The molecular weight excluding hydrogens is 356 g/mol.